The molecule has 0 fully saturated rings. The highest BCUT2D eigenvalue weighted by molar-refractivity contribution is 9.10. The minimum Gasteiger partial charge on any atom is -0.495 e. The largest absolute Gasteiger partial charge is 0.495 e. The summed E-state index contributed by atoms with van der Waals surface area (Å²) in [5.41, 5.74) is 7.08. The van der Waals surface area contributed by atoms with Gasteiger partial charge in [0.05, 0.1) is 11.6 Å². The topological polar surface area (TPSA) is 52.3 Å². The fourth-order valence-corrected chi connectivity index (χ4v) is 1.59. The zero-order chi connectivity index (χ0) is 9.84. The van der Waals surface area contributed by atoms with Crippen molar-refractivity contribution in [2.24, 2.45) is 0 Å². The van der Waals surface area contributed by atoms with Crippen molar-refractivity contribution >= 4 is 27.9 Å². The van der Waals surface area contributed by atoms with Crippen molar-refractivity contribution in [3.8, 4) is 5.75 Å². The van der Waals surface area contributed by atoms with Crippen LogP contribution in [0.25, 0.3) is 0 Å². The van der Waals surface area contributed by atoms with Crippen LogP contribution in [0.4, 0.5) is 5.69 Å². The number of halogens is 1. The molecule has 0 aliphatic heterocycles. The van der Waals surface area contributed by atoms with Crippen molar-refractivity contribution < 1.29 is 9.53 Å². The second-order valence-electron chi connectivity index (χ2n) is 2.56. The minimum atomic E-state index is 0.328. The molecule has 0 unspecified atom stereocenters. The van der Waals surface area contributed by atoms with E-state index in [1.807, 2.05) is 0 Å². The van der Waals surface area contributed by atoms with Crippen LogP contribution in [0.1, 0.15) is 5.56 Å². The van der Waals surface area contributed by atoms with Crippen LogP contribution < -0.4 is 10.5 Å². The van der Waals surface area contributed by atoms with Gasteiger partial charge in [0.25, 0.3) is 0 Å². The Morgan fingerprint density at radius 3 is 2.85 bits per heavy atom. The highest BCUT2D eigenvalue weighted by Crippen LogP contribution is 2.29. The number of anilines is 1. The van der Waals surface area contributed by atoms with E-state index in [9.17, 15) is 4.79 Å². The van der Waals surface area contributed by atoms with Crippen LogP contribution in [0.2, 0.25) is 0 Å². The third kappa shape index (κ3) is 2.21. The molecule has 0 aliphatic rings. The zero-order valence-corrected chi connectivity index (χ0v) is 8.80. The van der Waals surface area contributed by atoms with Gasteiger partial charge in [0.15, 0.2) is 0 Å². The lowest BCUT2D eigenvalue weighted by atomic mass is 10.1. The molecule has 0 aliphatic carbocycles. The number of aldehydes is 1. The van der Waals surface area contributed by atoms with Crippen molar-refractivity contribution in [1.29, 1.82) is 0 Å². The summed E-state index contributed by atoms with van der Waals surface area (Å²) in [4.78, 5) is 10.3. The lowest BCUT2D eigenvalue weighted by molar-refractivity contribution is -0.107. The Hall–Kier alpha value is -1.03. The van der Waals surface area contributed by atoms with E-state index < -0.39 is 0 Å². The Morgan fingerprint density at radius 2 is 2.31 bits per heavy atom. The van der Waals surface area contributed by atoms with Crippen molar-refractivity contribution in [2.45, 2.75) is 6.42 Å². The van der Waals surface area contributed by atoms with E-state index in [4.69, 9.17) is 10.5 Å². The molecule has 0 bridgehead atoms. The molecule has 0 saturated carbocycles. The number of nitrogens with two attached hydrogens (primary N) is 1. The number of carbonyl (C=O) groups is 1. The number of methoxy groups -OCH3 is 1. The third-order valence-corrected chi connectivity index (χ3v) is 2.34. The number of nitrogen functional groups attached to an aromatic ring is 1. The van der Waals surface area contributed by atoms with Crippen LogP contribution >= 0.6 is 15.9 Å². The smallest absolute Gasteiger partial charge is 0.135 e. The number of ether oxygens (including phenoxy) is 1. The van der Waals surface area contributed by atoms with Crippen LogP contribution in [0, 0.1) is 0 Å². The van der Waals surface area contributed by atoms with Gasteiger partial charge in [0.1, 0.15) is 12.0 Å². The molecule has 70 valence electrons. The van der Waals surface area contributed by atoms with Gasteiger partial charge in [-0.25, -0.2) is 0 Å². The van der Waals surface area contributed by atoms with E-state index in [-0.39, 0.29) is 0 Å². The van der Waals surface area contributed by atoms with Crippen LogP contribution in [0.5, 0.6) is 5.75 Å². The minimum absolute atomic E-state index is 0.328. The lowest BCUT2D eigenvalue weighted by Crippen LogP contribution is -1.97. The molecule has 0 aromatic heterocycles. The summed E-state index contributed by atoms with van der Waals surface area (Å²) in [5.74, 6) is 0.673. The Balaban J connectivity index is 3.12. The number of carbonyl (C=O) groups excluding carboxylic acids is 1. The summed E-state index contributed by atoms with van der Waals surface area (Å²) >= 11 is 3.31. The van der Waals surface area contributed by atoms with Crippen LogP contribution in [-0.4, -0.2) is 13.4 Å². The summed E-state index contributed by atoms with van der Waals surface area (Å²) in [5, 5.41) is 0. The summed E-state index contributed by atoms with van der Waals surface area (Å²) in [6.07, 6.45) is 1.15. The van der Waals surface area contributed by atoms with E-state index in [0.717, 1.165) is 16.3 Å². The molecule has 0 atom stereocenters. The summed E-state index contributed by atoms with van der Waals surface area (Å²) in [6, 6.07) is 3.49. The van der Waals surface area contributed by atoms with Crippen LogP contribution in [0.3, 0.4) is 0 Å². The molecule has 2 N–H and O–H groups in total. The molecule has 0 radical (unpaired) electrons. The van der Waals surface area contributed by atoms with Gasteiger partial charge in [-0.3, -0.25) is 0 Å². The lowest BCUT2D eigenvalue weighted by Gasteiger charge is -2.07. The Bertz CT molecular complexity index is 326. The van der Waals surface area contributed by atoms with E-state index in [2.05, 4.69) is 15.9 Å². The van der Waals surface area contributed by atoms with Crippen molar-refractivity contribution in [3.63, 3.8) is 0 Å². The Kier molecular flexibility index (Phi) is 3.31. The molecule has 1 aromatic carbocycles. The van der Waals surface area contributed by atoms with Crippen molar-refractivity contribution in [3.05, 3.63) is 22.2 Å². The average Bonchev–Trinajstić information content (AvgIpc) is 2.11. The van der Waals surface area contributed by atoms with Gasteiger partial charge >= 0.3 is 0 Å². The third-order valence-electron chi connectivity index (χ3n) is 1.72. The first kappa shape index (κ1) is 10.1. The van der Waals surface area contributed by atoms with Gasteiger partial charge in [-0.05, 0) is 27.6 Å². The average molecular weight is 244 g/mol. The molecule has 4 heteroatoms. The normalized spacial score (nSPS) is 9.69. The maximum absolute atomic E-state index is 10.3. The zero-order valence-electron chi connectivity index (χ0n) is 7.21. The van der Waals surface area contributed by atoms with Crippen molar-refractivity contribution in [2.75, 3.05) is 12.8 Å². The fraction of sp³-hybridized carbons (Fsp3) is 0.222. The molecule has 0 heterocycles. The van der Waals surface area contributed by atoms with E-state index >= 15 is 0 Å². The molecule has 13 heavy (non-hydrogen) atoms. The Morgan fingerprint density at radius 1 is 1.62 bits per heavy atom. The number of hydrogen-bond donors (Lipinski definition) is 1. The SMILES string of the molecule is COc1cc(N)c(CC=O)cc1Br. The number of hydrogen-bond acceptors (Lipinski definition) is 3. The van der Waals surface area contributed by atoms with Crippen LogP contribution in [0.15, 0.2) is 16.6 Å². The van der Waals surface area contributed by atoms with Crippen LogP contribution in [-0.2, 0) is 11.2 Å². The predicted molar refractivity (Wildman–Crippen MR) is 54.9 cm³/mol. The first-order chi connectivity index (χ1) is 6.19. The van der Waals surface area contributed by atoms with E-state index in [0.29, 0.717) is 17.9 Å². The van der Waals surface area contributed by atoms with Gasteiger partial charge < -0.3 is 15.3 Å². The van der Waals surface area contributed by atoms with Gasteiger partial charge in [0.2, 0.25) is 0 Å². The molecule has 1 rings (SSSR count). The first-order valence-corrected chi connectivity index (χ1v) is 4.54. The van der Waals surface area contributed by atoms with E-state index in [1.165, 1.54) is 0 Å². The molecule has 1 aromatic rings. The van der Waals surface area contributed by atoms with Gasteiger partial charge in [-0.1, -0.05) is 0 Å². The second-order valence-corrected chi connectivity index (χ2v) is 3.41. The van der Waals surface area contributed by atoms with Gasteiger partial charge in [-0.15, -0.1) is 0 Å². The quantitative estimate of drug-likeness (QED) is 0.651. The second kappa shape index (κ2) is 4.28. The summed E-state index contributed by atoms with van der Waals surface area (Å²) in [7, 11) is 1.57. The number of benzene rings is 1. The fourth-order valence-electron chi connectivity index (χ4n) is 1.03. The van der Waals surface area contributed by atoms with Gasteiger partial charge in [0, 0.05) is 18.2 Å². The number of rotatable bonds is 3. The maximum atomic E-state index is 10.3. The molecule has 0 spiro atoms. The van der Waals surface area contributed by atoms with E-state index in [1.54, 1.807) is 19.2 Å². The standard InChI is InChI=1S/C9H10BrNO2/c1-13-9-5-8(11)6(2-3-12)4-7(9)10/h3-5H,2,11H2,1H3. The maximum Gasteiger partial charge on any atom is 0.135 e. The molecular formula is C9H10BrNO2. The summed E-state index contributed by atoms with van der Waals surface area (Å²) in [6.45, 7) is 0. The Labute approximate surface area is 85.0 Å². The predicted octanol–water partition coefficient (Wildman–Crippen LogP) is 1.78. The molecule has 3 nitrogen and oxygen atoms in total. The highest BCUT2D eigenvalue weighted by atomic mass is 79.9. The van der Waals surface area contributed by atoms with Crippen molar-refractivity contribution in [1.82, 2.24) is 0 Å². The van der Waals surface area contributed by atoms with Gasteiger partial charge in [-0.2, -0.15) is 0 Å². The molecule has 0 saturated heterocycles. The summed E-state index contributed by atoms with van der Waals surface area (Å²) < 4.78 is 5.85. The molecule has 0 amide bonds. The highest BCUT2D eigenvalue weighted by Gasteiger charge is 2.05. The monoisotopic (exact) mass is 243 g/mol. The molecular weight excluding hydrogens is 234 g/mol. The first-order valence-electron chi connectivity index (χ1n) is 3.74.